The van der Waals surface area contributed by atoms with Crippen LogP contribution in [0.15, 0.2) is 53.9 Å². The standard InChI is InChI=1S/C21H18OS4.C11H16IO3P/c1-11-5-17(23-10-11)20-13(3)7-15(25-20)16-8-14(4)21(26-16)18-6-12(2)19(9-22)24-18;1-3-14-16(13,15-4-2)9-10-5-7-11(12)8-6-10/h5-10H,1-4H3;5-8H,3-4,9H2,1-2H3. The predicted molar refractivity (Wildman–Crippen MR) is 192 cm³/mol. The van der Waals surface area contributed by atoms with E-state index in [4.69, 9.17) is 9.05 Å². The summed E-state index contributed by atoms with van der Waals surface area (Å²) in [5.74, 6) is 0. The SMILES string of the molecule is CCOP(=O)(Cc1ccc(I)cc1)OCC.Cc1csc(-c2sc(-c3cc(C)c(-c4cc(C)c(C=O)s4)s3)cc2C)c1. The third-order valence-corrected chi connectivity index (χ3v) is 14.3. The number of hydrogen-bond donors (Lipinski definition) is 0. The van der Waals surface area contributed by atoms with Crippen LogP contribution in [0.4, 0.5) is 0 Å². The monoisotopic (exact) mass is 768 g/mol. The van der Waals surface area contributed by atoms with E-state index >= 15 is 0 Å². The zero-order valence-electron chi connectivity index (χ0n) is 24.5. The second-order valence-electron chi connectivity index (χ2n) is 9.74. The molecule has 0 aliphatic carbocycles. The van der Waals surface area contributed by atoms with E-state index in [0.29, 0.717) is 19.4 Å². The summed E-state index contributed by atoms with van der Waals surface area (Å²) in [5, 5.41) is 2.21. The van der Waals surface area contributed by atoms with E-state index in [9.17, 15) is 9.36 Å². The lowest BCUT2D eigenvalue weighted by atomic mass is 10.2. The molecule has 0 aliphatic heterocycles. The maximum atomic E-state index is 12.2. The van der Waals surface area contributed by atoms with Gasteiger partial charge >= 0.3 is 7.60 Å². The van der Waals surface area contributed by atoms with Gasteiger partial charge in [-0.05, 0) is 134 Å². The molecule has 4 heterocycles. The van der Waals surface area contributed by atoms with Crippen molar-refractivity contribution in [1.29, 1.82) is 0 Å². The lowest BCUT2D eigenvalue weighted by Crippen LogP contribution is -1.99. The summed E-state index contributed by atoms with van der Waals surface area (Å²) in [6.07, 6.45) is 1.30. The molecule has 5 aromatic rings. The number of aryl methyl sites for hydroxylation is 4. The highest BCUT2D eigenvalue weighted by Crippen LogP contribution is 2.51. The summed E-state index contributed by atoms with van der Waals surface area (Å²) in [6, 6.07) is 16.9. The highest BCUT2D eigenvalue weighted by molar-refractivity contribution is 14.1. The third-order valence-electron chi connectivity index (χ3n) is 6.26. The number of rotatable bonds is 10. The van der Waals surface area contributed by atoms with Crippen LogP contribution < -0.4 is 0 Å². The number of hydrogen-bond acceptors (Lipinski definition) is 8. The summed E-state index contributed by atoms with van der Waals surface area (Å²) >= 11 is 9.35. The van der Waals surface area contributed by atoms with Crippen LogP contribution in [0.5, 0.6) is 0 Å². The molecule has 0 saturated heterocycles. The highest BCUT2D eigenvalue weighted by Gasteiger charge is 2.23. The molecule has 0 radical (unpaired) electrons. The maximum Gasteiger partial charge on any atom is 0.335 e. The van der Waals surface area contributed by atoms with Gasteiger partial charge in [0.1, 0.15) is 0 Å². The van der Waals surface area contributed by atoms with Gasteiger partial charge in [-0.3, -0.25) is 9.36 Å². The number of carbonyl (C=O) groups is 1. The number of benzene rings is 1. The lowest BCUT2D eigenvalue weighted by molar-refractivity contribution is 0.112. The number of carbonyl (C=O) groups excluding carboxylic acids is 1. The summed E-state index contributed by atoms with van der Waals surface area (Å²) < 4.78 is 23.8. The molecule has 42 heavy (non-hydrogen) atoms. The van der Waals surface area contributed by atoms with Crippen molar-refractivity contribution in [2.24, 2.45) is 0 Å². The van der Waals surface area contributed by atoms with E-state index in [-0.39, 0.29) is 0 Å². The third kappa shape index (κ3) is 8.39. The molecular weight excluding hydrogens is 734 g/mol. The van der Waals surface area contributed by atoms with Gasteiger partial charge in [0, 0.05) is 32.8 Å². The van der Waals surface area contributed by atoms with E-state index in [0.717, 1.165) is 25.9 Å². The molecule has 4 nitrogen and oxygen atoms in total. The molecule has 0 bridgehead atoms. The summed E-state index contributed by atoms with van der Waals surface area (Å²) in [6.45, 7) is 13.0. The Bertz CT molecular complexity index is 1680. The smallest absolute Gasteiger partial charge is 0.309 e. The van der Waals surface area contributed by atoms with Crippen molar-refractivity contribution in [3.05, 3.63) is 90.2 Å². The average molecular weight is 769 g/mol. The van der Waals surface area contributed by atoms with Crippen LogP contribution in [0.25, 0.3) is 29.3 Å². The second-order valence-corrected chi connectivity index (χ2v) is 17.1. The Labute approximate surface area is 278 Å². The van der Waals surface area contributed by atoms with Crippen molar-refractivity contribution in [3.8, 4) is 29.3 Å². The quantitative estimate of drug-likeness (QED) is 0.0807. The van der Waals surface area contributed by atoms with Gasteiger partial charge in [0.25, 0.3) is 0 Å². The van der Waals surface area contributed by atoms with Gasteiger partial charge in [0.05, 0.1) is 24.3 Å². The molecule has 0 aliphatic rings. The van der Waals surface area contributed by atoms with Crippen LogP contribution in [0, 0.1) is 31.3 Å². The largest absolute Gasteiger partial charge is 0.335 e. The van der Waals surface area contributed by atoms with Crippen molar-refractivity contribution in [1.82, 2.24) is 0 Å². The predicted octanol–water partition coefficient (Wildman–Crippen LogP) is 12.0. The van der Waals surface area contributed by atoms with Crippen molar-refractivity contribution in [2.45, 2.75) is 47.7 Å². The Morgan fingerprint density at radius 1 is 0.762 bits per heavy atom. The van der Waals surface area contributed by atoms with Crippen LogP contribution in [0.1, 0.15) is 51.3 Å². The normalized spacial score (nSPS) is 11.4. The summed E-state index contributed by atoms with van der Waals surface area (Å²) in [5.41, 5.74) is 5.99. The Morgan fingerprint density at radius 2 is 1.31 bits per heavy atom. The molecule has 0 spiro atoms. The molecule has 0 atom stereocenters. The lowest BCUT2D eigenvalue weighted by Gasteiger charge is -2.16. The topological polar surface area (TPSA) is 52.6 Å². The Morgan fingerprint density at radius 3 is 1.79 bits per heavy atom. The zero-order chi connectivity index (χ0) is 30.4. The minimum atomic E-state index is -2.96. The fraction of sp³-hybridized carbons (Fsp3) is 0.281. The van der Waals surface area contributed by atoms with E-state index in [1.54, 1.807) is 11.3 Å². The molecule has 0 amide bonds. The number of thiophene rings is 4. The number of aldehydes is 1. The van der Waals surface area contributed by atoms with Crippen molar-refractivity contribution >= 4 is 81.8 Å². The minimum Gasteiger partial charge on any atom is -0.309 e. The fourth-order valence-electron chi connectivity index (χ4n) is 4.31. The molecule has 0 unspecified atom stereocenters. The Kier molecular flexibility index (Phi) is 12.0. The molecule has 1 aromatic carbocycles. The number of halogens is 1. The summed E-state index contributed by atoms with van der Waals surface area (Å²) in [7, 11) is -2.96. The van der Waals surface area contributed by atoms with Gasteiger partial charge in [-0.2, -0.15) is 0 Å². The zero-order valence-corrected chi connectivity index (χ0v) is 30.8. The molecular formula is C32H34IO4PS4. The first kappa shape index (κ1) is 33.5. The van der Waals surface area contributed by atoms with Gasteiger partial charge in [0.2, 0.25) is 0 Å². The van der Waals surface area contributed by atoms with Gasteiger partial charge in [0.15, 0.2) is 6.29 Å². The Hall–Kier alpha value is -1.43. The van der Waals surface area contributed by atoms with Crippen LogP contribution in [0.2, 0.25) is 0 Å². The first-order chi connectivity index (χ1) is 20.1. The molecule has 5 rings (SSSR count). The van der Waals surface area contributed by atoms with Crippen LogP contribution in [0.3, 0.4) is 0 Å². The van der Waals surface area contributed by atoms with Crippen molar-refractivity contribution in [3.63, 3.8) is 0 Å². The molecule has 10 heteroatoms. The first-order valence-corrected chi connectivity index (χ1v) is 19.6. The first-order valence-electron chi connectivity index (χ1n) is 13.5. The molecule has 0 fully saturated rings. The second kappa shape index (κ2) is 15.0. The highest BCUT2D eigenvalue weighted by atomic mass is 127. The average Bonchev–Trinajstić information content (AvgIpc) is 3.72. The van der Waals surface area contributed by atoms with Crippen LogP contribution in [-0.4, -0.2) is 19.5 Å². The van der Waals surface area contributed by atoms with Crippen molar-refractivity contribution < 1.29 is 18.4 Å². The van der Waals surface area contributed by atoms with E-state index in [2.05, 4.69) is 73.0 Å². The minimum absolute atomic E-state index is 0.339. The van der Waals surface area contributed by atoms with Crippen LogP contribution >= 0.6 is 75.5 Å². The van der Waals surface area contributed by atoms with Gasteiger partial charge in [-0.1, -0.05) is 12.1 Å². The molecule has 0 N–H and O–H groups in total. The van der Waals surface area contributed by atoms with E-state index in [1.165, 1.54) is 46.0 Å². The van der Waals surface area contributed by atoms with E-state index in [1.807, 2.05) is 79.0 Å². The fourth-order valence-corrected chi connectivity index (χ4v) is 11.0. The molecule has 0 saturated carbocycles. The van der Waals surface area contributed by atoms with Gasteiger partial charge in [-0.15, -0.1) is 45.3 Å². The van der Waals surface area contributed by atoms with Gasteiger partial charge in [-0.25, -0.2) is 0 Å². The maximum absolute atomic E-state index is 12.2. The van der Waals surface area contributed by atoms with Gasteiger partial charge < -0.3 is 9.05 Å². The van der Waals surface area contributed by atoms with Crippen LogP contribution in [-0.2, 0) is 19.8 Å². The van der Waals surface area contributed by atoms with Crippen molar-refractivity contribution in [2.75, 3.05) is 13.2 Å². The summed E-state index contributed by atoms with van der Waals surface area (Å²) in [4.78, 5) is 19.8. The molecule has 222 valence electrons. The Balaban J connectivity index is 0.000000219. The molecule has 4 aromatic heterocycles. The van der Waals surface area contributed by atoms with E-state index < -0.39 is 7.60 Å².